The van der Waals surface area contributed by atoms with Crippen molar-refractivity contribution in [2.75, 3.05) is 31.2 Å². The van der Waals surface area contributed by atoms with Crippen LogP contribution in [-0.4, -0.2) is 39.6 Å². The average molecular weight is 324 g/mol. The molecule has 0 unspecified atom stereocenters. The van der Waals surface area contributed by atoms with Crippen molar-refractivity contribution >= 4 is 14.2 Å². The SMILES string of the molecule is C[Si](C)(C)OC1(c2ncc(N3CCOCC3)o2)CCCCC1. The van der Waals surface area contributed by atoms with Gasteiger partial charge >= 0.3 is 0 Å². The van der Waals surface area contributed by atoms with Gasteiger partial charge in [-0.2, -0.15) is 0 Å². The molecule has 3 rings (SSSR count). The summed E-state index contributed by atoms with van der Waals surface area (Å²) in [5.41, 5.74) is -0.298. The molecular formula is C16H28N2O3Si. The summed E-state index contributed by atoms with van der Waals surface area (Å²) in [6.07, 6.45) is 7.60. The largest absolute Gasteiger partial charge is 0.422 e. The molecule has 2 aliphatic rings. The van der Waals surface area contributed by atoms with Crippen LogP contribution in [0.3, 0.4) is 0 Å². The molecular weight excluding hydrogens is 296 g/mol. The van der Waals surface area contributed by atoms with E-state index in [4.69, 9.17) is 13.6 Å². The molecule has 0 amide bonds. The lowest BCUT2D eigenvalue weighted by atomic mass is 9.85. The number of rotatable bonds is 4. The van der Waals surface area contributed by atoms with E-state index in [1.807, 2.05) is 6.20 Å². The minimum Gasteiger partial charge on any atom is -0.422 e. The van der Waals surface area contributed by atoms with Crippen molar-refractivity contribution in [2.24, 2.45) is 0 Å². The van der Waals surface area contributed by atoms with Crippen molar-refractivity contribution in [3.63, 3.8) is 0 Å². The van der Waals surface area contributed by atoms with E-state index in [0.29, 0.717) is 0 Å². The Balaban J connectivity index is 1.83. The molecule has 0 aromatic carbocycles. The maximum atomic E-state index is 6.59. The lowest BCUT2D eigenvalue weighted by molar-refractivity contribution is -0.00617. The summed E-state index contributed by atoms with van der Waals surface area (Å²) < 4.78 is 18.2. The predicted molar refractivity (Wildman–Crippen MR) is 88.7 cm³/mol. The molecule has 2 heterocycles. The lowest BCUT2D eigenvalue weighted by Gasteiger charge is -2.39. The van der Waals surface area contributed by atoms with Crippen LogP contribution >= 0.6 is 0 Å². The Morgan fingerprint density at radius 3 is 2.45 bits per heavy atom. The zero-order valence-corrected chi connectivity index (χ0v) is 15.1. The average Bonchev–Trinajstić information content (AvgIpc) is 2.98. The molecule has 1 aromatic rings. The fourth-order valence-corrected chi connectivity index (χ4v) is 4.94. The van der Waals surface area contributed by atoms with Crippen LogP contribution in [0.15, 0.2) is 10.6 Å². The molecule has 1 aliphatic carbocycles. The number of ether oxygens (including phenoxy) is 1. The normalized spacial score (nSPS) is 22.8. The number of oxazole rings is 1. The van der Waals surface area contributed by atoms with Crippen molar-refractivity contribution in [1.82, 2.24) is 4.98 Å². The van der Waals surface area contributed by atoms with Crippen molar-refractivity contribution in [2.45, 2.75) is 57.3 Å². The molecule has 22 heavy (non-hydrogen) atoms. The van der Waals surface area contributed by atoms with Gasteiger partial charge in [-0.1, -0.05) is 19.3 Å². The topological polar surface area (TPSA) is 47.7 Å². The van der Waals surface area contributed by atoms with Crippen LogP contribution in [0.4, 0.5) is 5.88 Å². The minimum atomic E-state index is -1.66. The van der Waals surface area contributed by atoms with Gasteiger partial charge in [0.2, 0.25) is 11.8 Å². The van der Waals surface area contributed by atoms with Gasteiger partial charge in [0.15, 0.2) is 8.32 Å². The van der Waals surface area contributed by atoms with E-state index in [1.165, 1.54) is 19.3 Å². The van der Waals surface area contributed by atoms with Crippen LogP contribution in [0.1, 0.15) is 38.0 Å². The van der Waals surface area contributed by atoms with E-state index in [1.54, 1.807) is 0 Å². The second kappa shape index (κ2) is 6.33. The molecule has 1 aromatic heterocycles. The van der Waals surface area contributed by atoms with Gasteiger partial charge in [0.05, 0.1) is 19.4 Å². The Kier molecular flexibility index (Phi) is 4.61. The minimum absolute atomic E-state index is 0.298. The van der Waals surface area contributed by atoms with Crippen LogP contribution < -0.4 is 4.90 Å². The Labute approximate surface area is 134 Å². The Hall–Kier alpha value is -0.853. The highest BCUT2D eigenvalue weighted by Crippen LogP contribution is 2.43. The number of aromatic nitrogens is 1. The molecule has 0 radical (unpaired) electrons. The number of hydrogen-bond acceptors (Lipinski definition) is 5. The highest BCUT2D eigenvalue weighted by Gasteiger charge is 2.43. The first-order valence-corrected chi connectivity index (χ1v) is 11.9. The molecule has 5 nitrogen and oxygen atoms in total. The second-order valence-electron chi connectivity index (χ2n) is 7.37. The van der Waals surface area contributed by atoms with E-state index < -0.39 is 8.32 Å². The highest BCUT2D eigenvalue weighted by atomic mass is 28.4. The van der Waals surface area contributed by atoms with Crippen LogP contribution in [-0.2, 0) is 14.8 Å². The van der Waals surface area contributed by atoms with Gasteiger partial charge in [0, 0.05) is 13.1 Å². The van der Waals surface area contributed by atoms with Gasteiger partial charge in [0.1, 0.15) is 5.60 Å². The molecule has 6 heteroatoms. The third-order valence-electron chi connectivity index (χ3n) is 4.37. The van der Waals surface area contributed by atoms with Gasteiger partial charge < -0.3 is 18.5 Å². The molecule has 124 valence electrons. The first kappa shape index (κ1) is 16.0. The molecule has 1 saturated heterocycles. The fraction of sp³-hybridized carbons (Fsp3) is 0.812. The Morgan fingerprint density at radius 2 is 1.82 bits per heavy atom. The van der Waals surface area contributed by atoms with Crippen molar-refractivity contribution in [3.8, 4) is 0 Å². The smallest absolute Gasteiger partial charge is 0.228 e. The molecule has 1 saturated carbocycles. The predicted octanol–water partition coefficient (Wildman–Crippen LogP) is 3.52. The van der Waals surface area contributed by atoms with E-state index in [2.05, 4.69) is 29.5 Å². The van der Waals surface area contributed by atoms with Gasteiger partial charge in [-0.25, -0.2) is 4.98 Å². The first-order valence-electron chi connectivity index (χ1n) is 8.48. The molecule has 0 atom stereocenters. The summed E-state index contributed by atoms with van der Waals surface area (Å²) in [6, 6.07) is 0. The Bertz CT molecular complexity index is 486. The molecule has 0 spiro atoms. The third kappa shape index (κ3) is 3.55. The zero-order valence-electron chi connectivity index (χ0n) is 14.1. The standard InChI is InChI=1S/C16H28N2O3Si/c1-22(2,3)21-16(7-5-4-6-8-16)15-17-13-14(20-15)18-9-11-19-12-10-18/h13H,4-12H2,1-3H3. The maximum absolute atomic E-state index is 6.59. The molecule has 1 aliphatic heterocycles. The first-order chi connectivity index (χ1) is 10.5. The number of anilines is 1. The van der Waals surface area contributed by atoms with Crippen molar-refractivity contribution < 1.29 is 13.6 Å². The van der Waals surface area contributed by atoms with Crippen molar-refractivity contribution in [3.05, 3.63) is 12.1 Å². The fourth-order valence-electron chi connectivity index (χ4n) is 3.47. The summed E-state index contributed by atoms with van der Waals surface area (Å²) in [4.78, 5) is 6.83. The lowest BCUT2D eigenvalue weighted by Crippen LogP contribution is -2.42. The monoisotopic (exact) mass is 324 g/mol. The zero-order chi connectivity index (χ0) is 15.6. The molecule has 0 N–H and O–H groups in total. The number of nitrogens with zero attached hydrogens (tertiary/aromatic N) is 2. The van der Waals surface area contributed by atoms with Gasteiger partial charge in [0.25, 0.3) is 0 Å². The number of morpholine rings is 1. The van der Waals surface area contributed by atoms with Gasteiger partial charge in [-0.15, -0.1) is 0 Å². The van der Waals surface area contributed by atoms with E-state index >= 15 is 0 Å². The van der Waals surface area contributed by atoms with Gasteiger partial charge in [-0.3, -0.25) is 0 Å². The van der Waals surface area contributed by atoms with E-state index in [-0.39, 0.29) is 5.60 Å². The van der Waals surface area contributed by atoms with Crippen LogP contribution in [0.5, 0.6) is 0 Å². The summed E-state index contributed by atoms with van der Waals surface area (Å²) in [5.74, 6) is 1.65. The Morgan fingerprint density at radius 1 is 1.14 bits per heavy atom. The third-order valence-corrected chi connectivity index (χ3v) is 5.37. The quantitative estimate of drug-likeness (QED) is 0.793. The van der Waals surface area contributed by atoms with Crippen LogP contribution in [0.2, 0.25) is 19.6 Å². The highest BCUT2D eigenvalue weighted by molar-refractivity contribution is 6.69. The van der Waals surface area contributed by atoms with E-state index in [0.717, 1.165) is 50.9 Å². The van der Waals surface area contributed by atoms with Crippen LogP contribution in [0, 0.1) is 0 Å². The number of hydrogen-bond donors (Lipinski definition) is 0. The summed E-state index contributed by atoms with van der Waals surface area (Å²) >= 11 is 0. The second-order valence-corrected chi connectivity index (χ2v) is 11.8. The van der Waals surface area contributed by atoms with E-state index in [9.17, 15) is 0 Å². The molecule has 2 fully saturated rings. The maximum Gasteiger partial charge on any atom is 0.228 e. The van der Waals surface area contributed by atoms with Gasteiger partial charge in [-0.05, 0) is 32.5 Å². The molecule has 0 bridgehead atoms. The summed E-state index contributed by atoms with van der Waals surface area (Å²) in [6.45, 7) is 9.99. The summed E-state index contributed by atoms with van der Waals surface area (Å²) in [5, 5.41) is 0. The summed E-state index contributed by atoms with van der Waals surface area (Å²) in [7, 11) is -1.66. The van der Waals surface area contributed by atoms with Crippen LogP contribution in [0.25, 0.3) is 0 Å². The van der Waals surface area contributed by atoms with Crippen molar-refractivity contribution in [1.29, 1.82) is 0 Å².